The van der Waals surface area contributed by atoms with E-state index in [1.807, 2.05) is 26.0 Å². The van der Waals surface area contributed by atoms with Gasteiger partial charge in [-0.2, -0.15) is 4.98 Å². The second-order valence-corrected chi connectivity index (χ2v) is 4.15. The third-order valence-corrected chi connectivity index (χ3v) is 2.61. The lowest BCUT2D eigenvalue weighted by Gasteiger charge is -2.02. The van der Waals surface area contributed by atoms with Crippen LogP contribution in [0.1, 0.15) is 24.3 Å². The Bertz CT molecular complexity index is 572. The van der Waals surface area contributed by atoms with Crippen molar-refractivity contribution >= 4 is 12.0 Å². The van der Waals surface area contributed by atoms with Gasteiger partial charge in [-0.05, 0) is 19.1 Å². The summed E-state index contributed by atoms with van der Waals surface area (Å²) in [5.41, 5.74) is 0. The minimum atomic E-state index is -0.359. The van der Waals surface area contributed by atoms with Gasteiger partial charge >= 0.3 is 6.03 Å². The highest BCUT2D eigenvalue weighted by molar-refractivity contribution is 5.87. The zero-order chi connectivity index (χ0) is 13.8. The maximum Gasteiger partial charge on any atom is 0.322 e. The predicted molar refractivity (Wildman–Crippen MR) is 69.7 cm³/mol. The van der Waals surface area contributed by atoms with Crippen molar-refractivity contribution in [2.75, 3.05) is 5.32 Å². The molecule has 2 amide bonds. The lowest BCUT2D eigenvalue weighted by molar-refractivity contribution is 0.250. The summed E-state index contributed by atoms with van der Waals surface area (Å²) in [4.78, 5) is 15.8. The highest BCUT2D eigenvalue weighted by Gasteiger charge is 2.09. The number of amides is 2. The molecule has 0 aliphatic carbocycles. The molecule has 2 aromatic heterocycles. The van der Waals surface area contributed by atoms with E-state index >= 15 is 0 Å². The van der Waals surface area contributed by atoms with Gasteiger partial charge in [0, 0.05) is 13.5 Å². The first-order valence-corrected chi connectivity index (χ1v) is 6.08. The second-order valence-electron chi connectivity index (χ2n) is 4.15. The average Bonchev–Trinajstić information content (AvgIpc) is 2.93. The molecular formula is C12H17N5O2. The number of hydrogen-bond donors (Lipinski definition) is 2. The summed E-state index contributed by atoms with van der Waals surface area (Å²) in [6, 6.07) is 3.31. The largest absolute Gasteiger partial charge is 0.465 e. The predicted octanol–water partition coefficient (Wildman–Crippen LogP) is 1.60. The fourth-order valence-corrected chi connectivity index (χ4v) is 1.67. The van der Waals surface area contributed by atoms with Gasteiger partial charge in [-0.25, -0.2) is 4.79 Å². The van der Waals surface area contributed by atoms with E-state index < -0.39 is 0 Å². The molecule has 7 nitrogen and oxygen atoms in total. The first-order valence-electron chi connectivity index (χ1n) is 6.08. The lowest BCUT2D eigenvalue weighted by atomic mass is 10.4. The van der Waals surface area contributed by atoms with Gasteiger partial charge in [-0.15, -0.1) is 5.10 Å². The topological polar surface area (TPSA) is 85.0 Å². The second kappa shape index (κ2) is 5.55. The summed E-state index contributed by atoms with van der Waals surface area (Å²) in [6.45, 7) is 4.16. The molecule has 0 unspecified atom stereocenters. The van der Waals surface area contributed by atoms with Crippen LogP contribution >= 0.6 is 0 Å². The Hall–Kier alpha value is -2.31. The van der Waals surface area contributed by atoms with Crippen molar-refractivity contribution in [3.8, 4) is 0 Å². The molecule has 0 fully saturated rings. The van der Waals surface area contributed by atoms with Crippen molar-refractivity contribution in [3.05, 3.63) is 29.5 Å². The quantitative estimate of drug-likeness (QED) is 0.877. The fraction of sp³-hybridized carbons (Fsp3) is 0.417. The Morgan fingerprint density at radius 3 is 2.84 bits per heavy atom. The molecule has 19 heavy (non-hydrogen) atoms. The van der Waals surface area contributed by atoms with Gasteiger partial charge in [0.15, 0.2) is 0 Å². The molecule has 0 radical (unpaired) electrons. The van der Waals surface area contributed by atoms with Gasteiger partial charge < -0.3 is 9.73 Å². The normalized spacial score (nSPS) is 10.5. The van der Waals surface area contributed by atoms with Gasteiger partial charge in [0.1, 0.15) is 17.3 Å². The summed E-state index contributed by atoms with van der Waals surface area (Å²) < 4.78 is 6.99. The number of hydrogen-bond acceptors (Lipinski definition) is 4. The molecule has 0 aliphatic rings. The summed E-state index contributed by atoms with van der Waals surface area (Å²) in [6.07, 6.45) is 0.762. The molecule has 2 N–H and O–H groups in total. The molecule has 0 saturated heterocycles. The van der Waals surface area contributed by atoms with Crippen molar-refractivity contribution < 1.29 is 9.21 Å². The molecule has 0 atom stereocenters. The van der Waals surface area contributed by atoms with E-state index in [-0.39, 0.29) is 6.03 Å². The standard InChI is InChI=1S/C12H17N5O2/c1-4-10-14-11(16-17(10)3)15-12(18)13-7-9-6-5-8(2)19-9/h5-6H,4,7H2,1-3H3,(H2,13,15,16,18). The summed E-state index contributed by atoms with van der Waals surface area (Å²) >= 11 is 0. The highest BCUT2D eigenvalue weighted by Crippen LogP contribution is 2.06. The van der Waals surface area contributed by atoms with E-state index in [2.05, 4.69) is 20.7 Å². The number of rotatable bonds is 4. The van der Waals surface area contributed by atoms with Crippen molar-refractivity contribution in [1.29, 1.82) is 0 Å². The number of furan rings is 1. The molecular weight excluding hydrogens is 246 g/mol. The van der Waals surface area contributed by atoms with Crippen molar-refractivity contribution in [1.82, 2.24) is 20.1 Å². The molecule has 0 spiro atoms. The van der Waals surface area contributed by atoms with Crippen molar-refractivity contribution in [3.63, 3.8) is 0 Å². The van der Waals surface area contributed by atoms with Crippen LogP contribution in [0.2, 0.25) is 0 Å². The smallest absolute Gasteiger partial charge is 0.322 e. The summed E-state index contributed by atoms with van der Waals surface area (Å²) in [5.74, 6) is 2.64. The van der Waals surface area contributed by atoms with Crippen LogP contribution in [0.3, 0.4) is 0 Å². The number of aryl methyl sites for hydroxylation is 3. The number of aromatic nitrogens is 3. The fourth-order valence-electron chi connectivity index (χ4n) is 1.67. The van der Waals surface area contributed by atoms with Crippen LogP contribution in [-0.4, -0.2) is 20.8 Å². The zero-order valence-electron chi connectivity index (χ0n) is 11.2. The number of urea groups is 1. The first-order chi connectivity index (χ1) is 9.08. The molecule has 7 heteroatoms. The maximum absolute atomic E-state index is 11.6. The minimum absolute atomic E-state index is 0.299. The Kier molecular flexibility index (Phi) is 3.84. The molecule has 2 rings (SSSR count). The third-order valence-electron chi connectivity index (χ3n) is 2.61. The number of carbonyl (C=O) groups excluding carboxylic acids is 1. The molecule has 2 aromatic rings. The van der Waals surface area contributed by atoms with Gasteiger partial charge in [0.25, 0.3) is 0 Å². The SMILES string of the molecule is CCc1nc(NC(=O)NCc2ccc(C)o2)nn1C. The Balaban J connectivity index is 1.86. The van der Waals surface area contributed by atoms with Crippen LogP contribution in [0.15, 0.2) is 16.5 Å². The zero-order valence-corrected chi connectivity index (χ0v) is 11.2. The molecule has 0 aliphatic heterocycles. The average molecular weight is 263 g/mol. The monoisotopic (exact) mass is 263 g/mol. The van der Waals surface area contributed by atoms with Crippen LogP contribution in [0.4, 0.5) is 10.7 Å². The minimum Gasteiger partial charge on any atom is -0.465 e. The highest BCUT2D eigenvalue weighted by atomic mass is 16.3. The van der Waals surface area contributed by atoms with Crippen LogP contribution in [0.25, 0.3) is 0 Å². The van der Waals surface area contributed by atoms with Crippen molar-refractivity contribution in [2.24, 2.45) is 7.05 Å². The Morgan fingerprint density at radius 1 is 1.47 bits per heavy atom. The van der Waals surface area contributed by atoms with Crippen LogP contribution < -0.4 is 10.6 Å². The van der Waals surface area contributed by atoms with Gasteiger partial charge in [-0.3, -0.25) is 10.00 Å². The van der Waals surface area contributed by atoms with Crippen molar-refractivity contribution in [2.45, 2.75) is 26.8 Å². The van der Waals surface area contributed by atoms with Gasteiger partial charge in [0.05, 0.1) is 6.54 Å². The maximum atomic E-state index is 11.6. The number of anilines is 1. The van der Waals surface area contributed by atoms with E-state index in [9.17, 15) is 4.79 Å². The van der Waals surface area contributed by atoms with E-state index in [4.69, 9.17) is 4.42 Å². The van der Waals surface area contributed by atoms with E-state index in [0.717, 1.165) is 18.0 Å². The Morgan fingerprint density at radius 2 is 2.26 bits per heavy atom. The molecule has 0 saturated carbocycles. The van der Waals surface area contributed by atoms with Crippen LogP contribution in [0.5, 0.6) is 0 Å². The first kappa shape index (κ1) is 13.1. The van der Waals surface area contributed by atoms with Gasteiger partial charge in [0.2, 0.25) is 5.95 Å². The van der Waals surface area contributed by atoms with E-state index in [0.29, 0.717) is 18.3 Å². The lowest BCUT2D eigenvalue weighted by Crippen LogP contribution is -2.28. The summed E-state index contributed by atoms with van der Waals surface area (Å²) in [7, 11) is 1.79. The third kappa shape index (κ3) is 3.34. The number of nitrogens with zero attached hydrogens (tertiary/aromatic N) is 3. The molecule has 102 valence electrons. The van der Waals surface area contributed by atoms with Crippen LogP contribution in [0, 0.1) is 6.92 Å². The van der Waals surface area contributed by atoms with Crippen LogP contribution in [-0.2, 0) is 20.0 Å². The Labute approximate surface area is 111 Å². The molecule has 0 bridgehead atoms. The summed E-state index contributed by atoms with van der Waals surface area (Å²) in [5, 5.41) is 9.34. The van der Waals surface area contributed by atoms with E-state index in [1.54, 1.807) is 11.7 Å². The number of carbonyl (C=O) groups is 1. The molecule has 0 aromatic carbocycles. The molecule has 2 heterocycles. The van der Waals surface area contributed by atoms with E-state index in [1.165, 1.54) is 0 Å². The number of nitrogens with one attached hydrogen (secondary N) is 2. The van der Waals surface area contributed by atoms with Gasteiger partial charge in [-0.1, -0.05) is 6.92 Å².